The van der Waals surface area contributed by atoms with Crippen LogP contribution in [0.1, 0.15) is 41.8 Å². The van der Waals surface area contributed by atoms with Gasteiger partial charge >= 0.3 is 18.2 Å². The van der Waals surface area contributed by atoms with Gasteiger partial charge in [0.2, 0.25) is 5.95 Å². The van der Waals surface area contributed by atoms with Crippen LogP contribution in [0.25, 0.3) is 11.3 Å². The highest BCUT2D eigenvalue weighted by molar-refractivity contribution is 6.02. The van der Waals surface area contributed by atoms with Crippen LogP contribution in [-0.2, 0) is 20.9 Å². The van der Waals surface area contributed by atoms with Gasteiger partial charge in [0.05, 0.1) is 31.5 Å². The second kappa shape index (κ2) is 14.7. The molecule has 2 aromatic carbocycles. The summed E-state index contributed by atoms with van der Waals surface area (Å²) in [5.41, 5.74) is 0.476. The van der Waals surface area contributed by atoms with E-state index in [1.165, 1.54) is 32.0 Å². The molecule has 2 aliphatic heterocycles. The first kappa shape index (κ1) is 35.4. The number of fused-ring (bicyclic) bond motifs is 1. The average molecular weight is 692 g/mol. The molecule has 2 aliphatic rings. The Bertz CT molecular complexity index is 1710. The third kappa shape index (κ3) is 7.88. The minimum atomic E-state index is -5.34. The van der Waals surface area contributed by atoms with Crippen LogP contribution in [0.3, 0.4) is 0 Å². The molecule has 3 amide bonds. The molecule has 0 aliphatic carbocycles. The Kier molecular flexibility index (Phi) is 10.6. The topological polar surface area (TPSA) is 129 Å². The summed E-state index contributed by atoms with van der Waals surface area (Å²) >= 11 is 0. The van der Waals surface area contributed by atoms with E-state index < -0.39 is 47.4 Å². The molecule has 0 radical (unpaired) electrons. The van der Waals surface area contributed by atoms with Gasteiger partial charge in [0.25, 0.3) is 5.91 Å². The second-order valence-electron chi connectivity index (χ2n) is 11.6. The number of benzene rings is 2. The highest BCUT2D eigenvalue weighted by atomic mass is 19.4. The lowest BCUT2D eigenvalue weighted by Crippen LogP contribution is -2.43. The van der Waals surface area contributed by atoms with Crippen molar-refractivity contribution in [3.05, 3.63) is 64.7 Å². The van der Waals surface area contributed by atoms with E-state index in [1.54, 1.807) is 6.92 Å². The van der Waals surface area contributed by atoms with Crippen molar-refractivity contribution in [3.63, 3.8) is 0 Å². The molecule has 1 fully saturated rings. The number of nitrogens with one attached hydrogen (secondary N) is 2. The molecule has 17 heteroatoms. The van der Waals surface area contributed by atoms with E-state index in [0.717, 1.165) is 42.7 Å². The standard InChI is InChI=1S/C32H34F5N7O5/c1-18(2)44(49-29(46)32(35,36)37)28(45)20-9-8-19(3)21(16-20)25-22-17-39-31(47)43(26-23(33)6-4-7-24(26)34)27(22)41-30(40-25)38-10-5-11-42-12-14-48-15-13-42/h4,6-9,16,18H,5,10-15,17H2,1-3H3,(H,39,47)(H,38,40,41). The summed E-state index contributed by atoms with van der Waals surface area (Å²) in [6.07, 6.45) is -4.67. The fourth-order valence-electron chi connectivity index (χ4n) is 5.36. The van der Waals surface area contributed by atoms with Crippen LogP contribution in [0.15, 0.2) is 36.4 Å². The van der Waals surface area contributed by atoms with E-state index in [-0.39, 0.29) is 35.1 Å². The molecule has 2 N–H and O–H groups in total. The summed E-state index contributed by atoms with van der Waals surface area (Å²) in [6, 6.07) is 5.55. The molecule has 0 spiro atoms. The van der Waals surface area contributed by atoms with Crippen LogP contribution in [0.2, 0.25) is 0 Å². The van der Waals surface area contributed by atoms with E-state index in [4.69, 9.17) is 4.74 Å². The molecule has 1 aromatic heterocycles. The van der Waals surface area contributed by atoms with Gasteiger partial charge in [0, 0.05) is 36.3 Å². The van der Waals surface area contributed by atoms with Gasteiger partial charge in [-0.1, -0.05) is 12.1 Å². The molecule has 0 unspecified atom stereocenters. The highest BCUT2D eigenvalue weighted by Gasteiger charge is 2.44. The number of alkyl halides is 3. The van der Waals surface area contributed by atoms with Crippen molar-refractivity contribution in [2.24, 2.45) is 0 Å². The smallest absolute Gasteiger partial charge is 0.379 e. The van der Waals surface area contributed by atoms with Gasteiger partial charge in [0.1, 0.15) is 17.3 Å². The maximum Gasteiger partial charge on any atom is 0.493 e. The monoisotopic (exact) mass is 691 g/mol. The molecule has 0 saturated carbocycles. The van der Waals surface area contributed by atoms with Crippen molar-refractivity contribution in [3.8, 4) is 11.3 Å². The SMILES string of the molecule is Cc1ccc(C(=O)N(OC(=O)C(F)(F)F)C(C)C)cc1-c1nc(NCCCN2CCOCC2)nc2c1CNC(=O)N2c1c(F)cccc1F. The molecule has 262 valence electrons. The normalized spacial score (nSPS) is 15.1. The minimum Gasteiger partial charge on any atom is -0.379 e. The Labute approximate surface area is 278 Å². The van der Waals surface area contributed by atoms with Gasteiger partial charge in [-0.15, -0.1) is 0 Å². The van der Waals surface area contributed by atoms with Gasteiger partial charge < -0.3 is 20.2 Å². The molecule has 1 saturated heterocycles. The minimum absolute atomic E-state index is 0.0196. The number of carbonyl (C=O) groups excluding carboxylic acids is 3. The number of hydroxylamine groups is 2. The van der Waals surface area contributed by atoms with Crippen LogP contribution in [0.5, 0.6) is 0 Å². The lowest BCUT2D eigenvalue weighted by molar-refractivity contribution is -0.232. The van der Waals surface area contributed by atoms with E-state index in [9.17, 15) is 27.6 Å². The Morgan fingerprint density at radius 3 is 2.45 bits per heavy atom. The molecule has 3 heterocycles. The Morgan fingerprint density at radius 2 is 1.80 bits per heavy atom. The van der Waals surface area contributed by atoms with Crippen molar-refractivity contribution in [2.45, 2.75) is 46.0 Å². The number of para-hydroxylation sites is 1. The number of nitrogens with zero attached hydrogens (tertiary/aromatic N) is 5. The number of halogens is 5. The van der Waals surface area contributed by atoms with Gasteiger partial charge in [-0.2, -0.15) is 23.2 Å². The third-order valence-corrected chi connectivity index (χ3v) is 7.84. The average Bonchev–Trinajstić information content (AvgIpc) is 3.05. The van der Waals surface area contributed by atoms with Crippen molar-refractivity contribution in [1.82, 2.24) is 25.2 Å². The van der Waals surface area contributed by atoms with Gasteiger partial charge in [-0.05, 0) is 63.6 Å². The Hall–Kier alpha value is -4.90. The van der Waals surface area contributed by atoms with E-state index in [2.05, 4.69) is 30.3 Å². The fourth-order valence-corrected chi connectivity index (χ4v) is 5.36. The van der Waals surface area contributed by atoms with E-state index in [0.29, 0.717) is 42.4 Å². The second-order valence-corrected chi connectivity index (χ2v) is 11.6. The lowest BCUT2D eigenvalue weighted by Gasteiger charge is -2.31. The molecular weight excluding hydrogens is 657 g/mol. The first-order valence-electron chi connectivity index (χ1n) is 15.5. The number of aryl methyl sites for hydroxylation is 1. The zero-order valence-electron chi connectivity index (χ0n) is 26.9. The number of hydrogen-bond donors (Lipinski definition) is 2. The molecule has 5 rings (SSSR count). The number of hydrogen-bond acceptors (Lipinski definition) is 9. The summed E-state index contributed by atoms with van der Waals surface area (Å²) in [6.45, 7) is 8.25. The van der Waals surface area contributed by atoms with Crippen molar-refractivity contribution < 1.29 is 45.9 Å². The number of aromatic nitrogens is 2. The number of rotatable bonds is 9. The maximum atomic E-state index is 15.1. The first-order chi connectivity index (χ1) is 23.3. The number of ether oxygens (including phenoxy) is 1. The highest BCUT2D eigenvalue weighted by Crippen LogP contribution is 2.39. The molecule has 3 aromatic rings. The zero-order valence-corrected chi connectivity index (χ0v) is 26.9. The molecule has 12 nitrogen and oxygen atoms in total. The zero-order chi connectivity index (χ0) is 35.5. The molecule has 49 heavy (non-hydrogen) atoms. The summed E-state index contributed by atoms with van der Waals surface area (Å²) < 4.78 is 74.5. The van der Waals surface area contributed by atoms with Crippen LogP contribution in [0, 0.1) is 18.6 Å². The molecular formula is C32H34F5N7O5. The third-order valence-electron chi connectivity index (χ3n) is 7.84. The fraction of sp³-hybridized carbons (Fsp3) is 0.406. The predicted octanol–water partition coefficient (Wildman–Crippen LogP) is 5.10. The quantitative estimate of drug-likeness (QED) is 0.179. The van der Waals surface area contributed by atoms with Gasteiger partial charge in [0.15, 0.2) is 5.82 Å². The Balaban J connectivity index is 1.57. The van der Waals surface area contributed by atoms with Crippen LogP contribution in [-0.4, -0.2) is 89.4 Å². The van der Waals surface area contributed by atoms with Crippen LogP contribution >= 0.6 is 0 Å². The summed E-state index contributed by atoms with van der Waals surface area (Å²) in [4.78, 5) is 54.8. The maximum absolute atomic E-state index is 15.1. The van der Waals surface area contributed by atoms with Crippen molar-refractivity contribution in [2.75, 3.05) is 49.6 Å². The Morgan fingerprint density at radius 1 is 1.10 bits per heavy atom. The van der Waals surface area contributed by atoms with Crippen LogP contribution < -0.4 is 15.5 Å². The predicted molar refractivity (Wildman–Crippen MR) is 167 cm³/mol. The summed E-state index contributed by atoms with van der Waals surface area (Å²) in [7, 11) is 0. The lowest BCUT2D eigenvalue weighted by atomic mass is 9.97. The number of amides is 3. The first-order valence-corrected chi connectivity index (χ1v) is 15.5. The summed E-state index contributed by atoms with van der Waals surface area (Å²) in [5, 5.41) is 6.03. The summed E-state index contributed by atoms with van der Waals surface area (Å²) in [5.74, 6) is -5.74. The van der Waals surface area contributed by atoms with Crippen molar-refractivity contribution in [1.29, 1.82) is 0 Å². The number of anilines is 3. The number of carbonyl (C=O) groups is 3. The largest absolute Gasteiger partial charge is 0.493 e. The van der Waals surface area contributed by atoms with Crippen LogP contribution in [0.4, 0.5) is 44.2 Å². The number of morpholine rings is 1. The van der Waals surface area contributed by atoms with E-state index in [1.807, 2.05) is 0 Å². The molecule has 0 atom stereocenters. The number of urea groups is 1. The van der Waals surface area contributed by atoms with E-state index >= 15 is 8.78 Å². The molecule has 0 bridgehead atoms. The van der Waals surface area contributed by atoms with Crippen molar-refractivity contribution >= 4 is 35.4 Å². The van der Waals surface area contributed by atoms with Gasteiger partial charge in [-0.3, -0.25) is 9.69 Å². The van der Waals surface area contributed by atoms with Gasteiger partial charge in [-0.25, -0.2) is 28.3 Å².